The first-order valence-corrected chi connectivity index (χ1v) is 4.66. The summed E-state index contributed by atoms with van der Waals surface area (Å²) in [6.07, 6.45) is 0.838. The summed E-state index contributed by atoms with van der Waals surface area (Å²) in [6.45, 7) is 0.707. The number of rotatable bonds is 4. The Morgan fingerprint density at radius 1 is 1.40 bits per heavy atom. The Hall–Kier alpha value is -0.770. The zero-order valence-corrected chi connectivity index (χ0v) is 9.90. The van der Waals surface area contributed by atoms with Crippen molar-refractivity contribution in [3.63, 3.8) is 0 Å². The van der Waals surface area contributed by atoms with Crippen LogP contribution in [-0.2, 0) is 11.2 Å². The summed E-state index contributed by atoms with van der Waals surface area (Å²) in [4.78, 5) is 13.6. The highest BCUT2D eigenvalue weighted by molar-refractivity contribution is 6.13. The second kappa shape index (κ2) is 7.51. The standard InChI is InChI=1S/C10H12ClNO2.ClH/c1-14-10(13)9-4-2-8(3-5-9)6-7-12-11;/h2-5,12H,6-7H2,1H3;1H. The largest absolute Gasteiger partial charge is 0.465 e. The summed E-state index contributed by atoms with van der Waals surface area (Å²) in [5.41, 5.74) is 1.70. The lowest BCUT2D eigenvalue weighted by Crippen LogP contribution is -2.05. The Labute approximate surface area is 100 Å². The predicted octanol–water partition coefficient (Wildman–Crippen LogP) is 2.18. The van der Waals surface area contributed by atoms with Gasteiger partial charge in [0.05, 0.1) is 12.7 Å². The molecule has 1 aromatic rings. The van der Waals surface area contributed by atoms with E-state index in [0.29, 0.717) is 12.1 Å². The number of halogens is 2. The lowest BCUT2D eigenvalue weighted by molar-refractivity contribution is 0.0600. The van der Waals surface area contributed by atoms with Gasteiger partial charge in [-0.25, -0.2) is 9.63 Å². The van der Waals surface area contributed by atoms with Crippen LogP contribution in [0.15, 0.2) is 24.3 Å². The molecule has 3 nitrogen and oxygen atoms in total. The Bertz CT molecular complexity index is 301. The number of methoxy groups -OCH3 is 1. The van der Waals surface area contributed by atoms with Gasteiger partial charge < -0.3 is 4.74 Å². The minimum Gasteiger partial charge on any atom is -0.465 e. The number of carbonyl (C=O) groups is 1. The summed E-state index contributed by atoms with van der Waals surface area (Å²) in [5.74, 6) is -0.313. The minimum atomic E-state index is -0.313. The Kier molecular flexibility index (Phi) is 7.13. The van der Waals surface area contributed by atoms with Crippen molar-refractivity contribution >= 4 is 30.2 Å². The van der Waals surface area contributed by atoms with Crippen molar-refractivity contribution < 1.29 is 9.53 Å². The van der Waals surface area contributed by atoms with E-state index in [9.17, 15) is 4.79 Å². The topological polar surface area (TPSA) is 38.3 Å². The summed E-state index contributed by atoms with van der Waals surface area (Å²) >= 11 is 5.33. The third-order valence-electron chi connectivity index (χ3n) is 1.88. The van der Waals surface area contributed by atoms with E-state index < -0.39 is 0 Å². The summed E-state index contributed by atoms with van der Waals surface area (Å²) in [7, 11) is 1.37. The lowest BCUT2D eigenvalue weighted by atomic mass is 10.1. The molecule has 0 aliphatic carbocycles. The molecule has 0 fully saturated rings. The zero-order chi connectivity index (χ0) is 10.4. The quantitative estimate of drug-likeness (QED) is 0.657. The van der Waals surface area contributed by atoms with Gasteiger partial charge in [0.25, 0.3) is 0 Å². The molecule has 0 saturated carbocycles. The van der Waals surface area contributed by atoms with E-state index in [4.69, 9.17) is 11.8 Å². The molecule has 1 aromatic carbocycles. The fourth-order valence-corrected chi connectivity index (χ4v) is 1.21. The van der Waals surface area contributed by atoms with Crippen LogP contribution in [0.1, 0.15) is 15.9 Å². The molecule has 5 heteroatoms. The maximum atomic E-state index is 11.1. The molecule has 0 spiro atoms. The van der Waals surface area contributed by atoms with Crippen LogP contribution < -0.4 is 4.84 Å². The molecule has 0 aliphatic heterocycles. The van der Waals surface area contributed by atoms with Crippen molar-refractivity contribution in [2.24, 2.45) is 0 Å². The van der Waals surface area contributed by atoms with Gasteiger partial charge in [-0.3, -0.25) is 0 Å². The van der Waals surface area contributed by atoms with E-state index in [0.717, 1.165) is 12.0 Å². The van der Waals surface area contributed by atoms with E-state index in [1.165, 1.54) is 7.11 Å². The van der Waals surface area contributed by atoms with Crippen molar-refractivity contribution in [3.8, 4) is 0 Å². The molecular formula is C10H13Cl2NO2. The number of nitrogens with one attached hydrogen (secondary N) is 1. The fourth-order valence-electron chi connectivity index (χ4n) is 1.12. The van der Waals surface area contributed by atoms with Gasteiger partial charge in [0.2, 0.25) is 0 Å². The zero-order valence-electron chi connectivity index (χ0n) is 8.33. The molecule has 84 valence electrons. The molecule has 0 unspecified atom stereocenters. The van der Waals surface area contributed by atoms with Crippen LogP contribution in [0.3, 0.4) is 0 Å². The first-order chi connectivity index (χ1) is 6.77. The van der Waals surface area contributed by atoms with Gasteiger partial charge in [-0.1, -0.05) is 12.1 Å². The average molecular weight is 250 g/mol. The molecule has 1 N–H and O–H groups in total. The Balaban J connectivity index is 0.00000196. The number of benzene rings is 1. The van der Waals surface area contributed by atoms with Crippen molar-refractivity contribution in [2.45, 2.75) is 6.42 Å². The molecule has 0 atom stereocenters. The highest BCUT2D eigenvalue weighted by Gasteiger charge is 2.03. The van der Waals surface area contributed by atoms with Gasteiger partial charge >= 0.3 is 5.97 Å². The van der Waals surface area contributed by atoms with Crippen molar-refractivity contribution in [3.05, 3.63) is 35.4 Å². The lowest BCUT2D eigenvalue weighted by Gasteiger charge is -2.01. The normalized spacial score (nSPS) is 9.20. The van der Waals surface area contributed by atoms with Crippen LogP contribution in [-0.4, -0.2) is 19.6 Å². The molecule has 0 bridgehead atoms. The van der Waals surface area contributed by atoms with E-state index in [-0.39, 0.29) is 18.4 Å². The van der Waals surface area contributed by atoms with Crippen LogP contribution in [0.2, 0.25) is 0 Å². The van der Waals surface area contributed by atoms with Gasteiger partial charge in [-0.15, -0.1) is 12.4 Å². The second-order valence-electron chi connectivity index (χ2n) is 2.82. The first kappa shape index (κ1) is 14.2. The summed E-state index contributed by atoms with van der Waals surface area (Å²) in [5, 5.41) is 0. The number of esters is 1. The van der Waals surface area contributed by atoms with E-state index >= 15 is 0 Å². The molecule has 0 amide bonds. The number of hydrogen-bond acceptors (Lipinski definition) is 3. The van der Waals surface area contributed by atoms with Crippen LogP contribution in [0, 0.1) is 0 Å². The molecule has 0 radical (unpaired) electrons. The number of ether oxygens (including phenoxy) is 1. The third-order valence-corrected chi connectivity index (χ3v) is 2.07. The van der Waals surface area contributed by atoms with E-state index in [1.807, 2.05) is 12.1 Å². The number of carbonyl (C=O) groups excluding carboxylic acids is 1. The van der Waals surface area contributed by atoms with Gasteiger partial charge in [0.15, 0.2) is 0 Å². The molecular weight excluding hydrogens is 237 g/mol. The van der Waals surface area contributed by atoms with Crippen molar-refractivity contribution in [2.75, 3.05) is 13.7 Å². The van der Waals surface area contributed by atoms with Gasteiger partial charge in [0, 0.05) is 6.54 Å². The van der Waals surface area contributed by atoms with Gasteiger partial charge in [0.1, 0.15) is 0 Å². The molecule has 15 heavy (non-hydrogen) atoms. The smallest absolute Gasteiger partial charge is 0.337 e. The highest BCUT2D eigenvalue weighted by atomic mass is 35.5. The van der Waals surface area contributed by atoms with Crippen molar-refractivity contribution in [1.29, 1.82) is 0 Å². The van der Waals surface area contributed by atoms with Gasteiger partial charge in [-0.05, 0) is 35.9 Å². The van der Waals surface area contributed by atoms with Crippen LogP contribution in [0.25, 0.3) is 0 Å². The fraction of sp³-hybridized carbons (Fsp3) is 0.300. The number of hydrogen-bond donors (Lipinski definition) is 1. The van der Waals surface area contributed by atoms with Crippen LogP contribution in [0.5, 0.6) is 0 Å². The molecule has 1 rings (SSSR count). The van der Waals surface area contributed by atoms with Crippen LogP contribution in [0.4, 0.5) is 0 Å². The van der Waals surface area contributed by atoms with E-state index in [1.54, 1.807) is 12.1 Å². The average Bonchev–Trinajstić information content (AvgIpc) is 2.26. The summed E-state index contributed by atoms with van der Waals surface area (Å²) in [6, 6.07) is 7.27. The minimum absolute atomic E-state index is 0. The monoisotopic (exact) mass is 249 g/mol. The molecule has 0 saturated heterocycles. The summed E-state index contributed by atoms with van der Waals surface area (Å²) < 4.78 is 4.58. The molecule has 0 aromatic heterocycles. The van der Waals surface area contributed by atoms with Gasteiger partial charge in [-0.2, -0.15) is 0 Å². The molecule has 0 aliphatic rings. The third kappa shape index (κ3) is 4.51. The Morgan fingerprint density at radius 2 is 2.00 bits per heavy atom. The maximum absolute atomic E-state index is 11.1. The SMILES string of the molecule is COC(=O)c1ccc(CCNCl)cc1.Cl. The predicted molar refractivity (Wildman–Crippen MR) is 62.6 cm³/mol. The molecule has 0 heterocycles. The highest BCUT2D eigenvalue weighted by Crippen LogP contribution is 2.05. The Morgan fingerprint density at radius 3 is 2.47 bits per heavy atom. The first-order valence-electron chi connectivity index (χ1n) is 4.28. The van der Waals surface area contributed by atoms with Crippen LogP contribution >= 0.6 is 24.2 Å². The second-order valence-corrected chi connectivity index (χ2v) is 3.09. The maximum Gasteiger partial charge on any atom is 0.337 e. The van der Waals surface area contributed by atoms with E-state index in [2.05, 4.69) is 9.57 Å². The van der Waals surface area contributed by atoms with Crippen molar-refractivity contribution in [1.82, 2.24) is 4.84 Å².